The highest BCUT2D eigenvalue weighted by molar-refractivity contribution is 6.07. The van der Waals surface area contributed by atoms with Gasteiger partial charge in [0.15, 0.2) is 18.2 Å². The summed E-state index contributed by atoms with van der Waals surface area (Å²) in [5.41, 5.74) is 1.61. The van der Waals surface area contributed by atoms with Crippen LogP contribution in [0.1, 0.15) is 16.8 Å². The largest absolute Gasteiger partial charge is 0.468 e. The quantitative estimate of drug-likeness (QED) is 0.650. The average molecular weight is 417 g/mol. The Morgan fingerprint density at radius 2 is 1.77 bits per heavy atom. The van der Waals surface area contributed by atoms with Crippen LogP contribution in [0.3, 0.4) is 0 Å². The first kappa shape index (κ1) is 19.9. The van der Waals surface area contributed by atoms with Gasteiger partial charge in [-0.2, -0.15) is 13.2 Å². The lowest BCUT2D eigenvalue weighted by Crippen LogP contribution is -2.32. The van der Waals surface area contributed by atoms with Crippen molar-refractivity contribution < 1.29 is 22.7 Å². The molecule has 1 aliphatic heterocycles. The van der Waals surface area contributed by atoms with Crippen LogP contribution in [0.25, 0.3) is 11.0 Å². The number of pyridine rings is 1. The van der Waals surface area contributed by atoms with Crippen molar-refractivity contribution in [1.82, 2.24) is 15.0 Å². The highest BCUT2D eigenvalue weighted by Crippen LogP contribution is 2.31. The first-order chi connectivity index (χ1) is 14.3. The molecule has 0 unspecified atom stereocenters. The lowest BCUT2D eigenvalue weighted by atomic mass is 10.2. The second-order valence-corrected chi connectivity index (χ2v) is 6.88. The molecule has 0 spiro atoms. The van der Waals surface area contributed by atoms with E-state index in [1.54, 1.807) is 0 Å². The molecule has 2 aromatic heterocycles. The summed E-state index contributed by atoms with van der Waals surface area (Å²) < 4.78 is 41.4. The molecule has 3 heterocycles. The van der Waals surface area contributed by atoms with Crippen LogP contribution in [-0.4, -0.2) is 53.8 Å². The molecule has 3 aromatic rings. The maximum absolute atomic E-state index is 13.2. The number of amides is 1. The third kappa shape index (κ3) is 4.12. The maximum atomic E-state index is 13.2. The number of aromatic nitrogens is 3. The van der Waals surface area contributed by atoms with Crippen LogP contribution in [0, 0.1) is 0 Å². The molecule has 0 bridgehead atoms. The third-order valence-corrected chi connectivity index (χ3v) is 4.64. The molecule has 10 heteroatoms. The number of alkyl halides is 3. The van der Waals surface area contributed by atoms with E-state index in [1.165, 1.54) is 23.2 Å². The molecular weight excluding hydrogens is 399 g/mol. The van der Waals surface area contributed by atoms with Crippen LogP contribution in [0.4, 0.5) is 24.8 Å². The summed E-state index contributed by atoms with van der Waals surface area (Å²) in [7, 11) is 1.89. The zero-order valence-electron chi connectivity index (χ0n) is 16.1. The van der Waals surface area contributed by atoms with E-state index >= 15 is 0 Å². The van der Waals surface area contributed by atoms with Crippen molar-refractivity contribution >= 4 is 28.6 Å². The molecule has 0 aliphatic carbocycles. The number of anilines is 2. The van der Waals surface area contributed by atoms with Crippen molar-refractivity contribution in [2.45, 2.75) is 12.6 Å². The molecular formula is C20H18F3N5O2. The minimum Gasteiger partial charge on any atom is -0.468 e. The van der Waals surface area contributed by atoms with Gasteiger partial charge in [-0.3, -0.25) is 9.69 Å². The fraction of sp³-hybridized carbons (Fsp3) is 0.300. The zero-order valence-corrected chi connectivity index (χ0v) is 16.1. The summed E-state index contributed by atoms with van der Waals surface area (Å²) in [5.74, 6) is 0.477. The number of carbonyl (C=O) groups is 1. The molecule has 0 fully saturated rings. The number of nitrogens with zero attached hydrogens (tertiary/aromatic N) is 5. The fourth-order valence-corrected chi connectivity index (χ4v) is 3.20. The van der Waals surface area contributed by atoms with Gasteiger partial charge < -0.3 is 9.64 Å². The summed E-state index contributed by atoms with van der Waals surface area (Å²) in [6, 6.07) is 10.0. The second kappa shape index (κ2) is 7.77. The third-order valence-electron chi connectivity index (χ3n) is 4.64. The van der Waals surface area contributed by atoms with Gasteiger partial charge in [-0.25, -0.2) is 15.0 Å². The highest BCUT2D eigenvalue weighted by Gasteiger charge is 2.29. The van der Waals surface area contributed by atoms with Crippen molar-refractivity contribution in [3.8, 4) is 5.88 Å². The van der Waals surface area contributed by atoms with Crippen molar-refractivity contribution in [3.05, 3.63) is 48.2 Å². The smallest absolute Gasteiger partial charge is 0.422 e. The molecule has 0 radical (unpaired) electrons. The van der Waals surface area contributed by atoms with Gasteiger partial charge in [0.05, 0.1) is 16.6 Å². The number of benzene rings is 1. The Balaban J connectivity index is 1.64. The monoisotopic (exact) mass is 417 g/mol. The Bertz CT molecular complexity index is 1070. The van der Waals surface area contributed by atoms with Gasteiger partial charge >= 0.3 is 6.18 Å². The Morgan fingerprint density at radius 3 is 2.40 bits per heavy atom. The molecule has 156 valence electrons. The molecule has 1 aromatic carbocycles. The van der Waals surface area contributed by atoms with Gasteiger partial charge in [0.25, 0.3) is 5.91 Å². The molecule has 0 N–H and O–H groups in total. The highest BCUT2D eigenvalue weighted by atomic mass is 19.4. The van der Waals surface area contributed by atoms with Gasteiger partial charge in [-0.15, -0.1) is 0 Å². The SMILES string of the molecule is CN1CCCN(C(=O)c2ccc(OCC(F)(F)F)nc2)c2nc3ccccc3nc21. The number of halogens is 3. The lowest BCUT2D eigenvalue weighted by molar-refractivity contribution is -0.154. The molecule has 0 saturated carbocycles. The summed E-state index contributed by atoms with van der Waals surface area (Å²) >= 11 is 0. The van der Waals surface area contributed by atoms with E-state index < -0.39 is 12.8 Å². The average Bonchev–Trinajstić information content (AvgIpc) is 2.89. The van der Waals surface area contributed by atoms with Crippen LogP contribution >= 0.6 is 0 Å². The number of carbonyl (C=O) groups excluding carboxylic acids is 1. The van der Waals surface area contributed by atoms with E-state index in [1.807, 2.05) is 36.2 Å². The van der Waals surface area contributed by atoms with Crippen molar-refractivity contribution in [2.24, 2.45) is 0 Å². The normalized spacial score (nSPS) is 14.4. The van der Waals surface area contributed by atoms with Crippen LogP contribution in [-0.2, 0) is 0 Å². The van der Waals surface area contributed by atoms with Crippen molar-refractivity contribution in [2.75, 3.05) is 36.5 Å². The molecule has 7 nitrogen and oxygen atoms in total. The van der Waals surface area contributed by atoms with E-state index in [4.69, 9.17) is 0 Å². The van der Waals surface area contributed by atoms with E-state index in [0.29, 0.717) is 36.7 Å². The topological polar surface area (TPSA) is 71.5 Å². The number of hydrogen-bond acceptors (Lipinski definition) is 6. The Morgan fingerprint density at radius 1 is 1.07 bits per heavy atom. The molecule has 1 aliphatic rings. The lowest BCUT2D eigenvalue weighted by Gasteiger charge is -2.22. The van der Waals surface area contributed by atoms with E-state index in [9.17, 15) is 18.0 Å². The molecule has 1 amide bonds. The van der Waals surface area contributed by atoms with Crippen molar-refractivity contribution in [3.63, 3.8) is 0 Å². The summed E-state index contributed by atoms with van der Waals surface area (Å²) in [5, 5.41) is 0. The number of rotatable bonds is 3. The summed E-state index contributed by atoms with van der Waals surface area (Å²) in [6.45, 7) is -0.316. The molecule has 4 rings (SSSR count). The van der Waals surface area contributed by atoms with Crippen LogP contribution < -0.4 is 14.5 Å². The maximum Gasteiger partial charge on any atom is 0.422 e. The molecule has 0 saturated heterocycles. The Hall–Kier alpha value is -3.43. The number of para-hydroxylation sites is 2. The molecule has 30 heavy (non-hydrogen) atoms. The van der Waals surface area contributed by atoms with Gasteiger partial charge in [-0.05, 0) is 24.6 Å². The van der Waals surface area contributed by atoms with Crippen molar-refractivity contribution in [1.29, 1.82) is 0 Å². The summed E-state index contributed by atoms with van der Waals surface area (Å²) in [4.78, 5) is 29.8. The van der Waals surface area contributed by atoms with Gasteiger partial charge in [0.2, 0.25) is 5.88 Å². The van der Waals surface area contributed by atoms with Crippen LogP contribution in [0.15, 0.2) is 42.6 Å². The van der Waals surface area contributed by atoms with Gasteiger partial charge in [0.1, 0.15) is 0 Å². The first-order valence-corrected chi connectivity index (χ1v) is 9.27. The minimum absolute atomic E-state index is 0.203. The number of ether oxygens (including phenoxy) is 1. The fourth-order valence-electron chi connectivity index (χ4n) is 3.20. The Labute approximate surface area is 170 Å². The summed E-state index contributed by atoms with van der Waals surface area (Å²) in [6.07, 6.45) is -2.55. The van der Waals surface area contributed by atoms with Gasteiger partial charge in [0, 0.05) is 32.4 Å². The van der Waals surface area contributed by atoms with E-state index in [0.717, 1.165) is 5.52 Å². The number of hydrogen-bond donors (Lipinski definition) is 0. The number of fused-ring (bicyclic) bond motifs is 2. The zero-order chi connectivity index (χ0) is 21.3. The predicted molar refractivity (Wildman–Crippen MR) is 105 cm³/mol. The molecule has 0 atom stereocenters. The second-order valence-electron chi connectivity index (χ2n) is 6.88. The van der Waals surface area contributed by atoms with Crippen LogP contribution in [0.5, 0.6) is 5.88 Å². The van der Waals surface area contributed by atoms with Gasteiger partial charge in [-0.1, -0.05) is 12.1 Å². The first-order valence-electron chi connectivity index (χ1n) is 9.27. The van der Waals surface area contributed by atoms with Crippen LogP contribution in [0.2, 0.25) is 0 Å². The Kier molecular flexibility index (Phi) is 5.15. The van der Waals surface area contributed by atoms with E-state index in [2.05, 4.69) is 19.7 Å². The van der Waals surface area contributed by atoms with E-state index in [-0.39, 0.29) is 17.4 Å². The minimum atomic E-state index is -4.46. The standard InChI is InChI=1S/C20H18F3N5O2/c1-27-9-4-10-28(18-17(27)25-14-5-2-3-6-15(14)26-18)19(29)13-7-8-16(24-11-13)30-12-20(21,22)23/h2-3,5-8,11H,4,9-10,12H2,1H3. The predicted octanol–water partition coefficient (Wildman–Crippen LogP) is 3.45.